The molecule has 1 fully saturated rings. The van der Waals surface area contributed by atoms with E-state index in [2.05, 4.69) is 0 Å². The molecular weight excluding hydrogens is 440 g/mol. The summed E-state index contributed by atoms with van der Waals surface area (Å²) in [7, 11) is 0. The molecule has 3 aromatic carbocycles. The van der Waals surface area contributed by atoms with Gasteiger partial charge in [0.25, 0.3) is 11.7 Å². The van der Waals surface area contributed by atoms with Gasteiger partial charge in [-0.05, 0) is 67.8 Å². The van der Waals surface area contributed by atoms with Crippen LogP contribution in [0.4, 0.5) is 14.5 Å². The van der Waals surface area contributed by atoms with Crippen molar-refractivity contribution in [2.24, 2.45) is 0 Å². The molecule has 0 aromatic heterocycles. The normalized spacial score (nSPS) is 17.3. The van der Waals surface area contributed by atoms with E-state index in [1.165, 1.54) is 6.07 Å². The number of rotatable bonds is 5. The van der Waals surface area contributed by atoms with Gasteiger partial charge in [-0.25, -0.2) is 8.78 Å². The third kappa shape index (κ3) is 4.05. The van der Waals surface area contributed by atoms with E-state index < -0.39 is 29.4 Å². The van der Waals surface area contributed by atoms with Crippen molar-refractivity contribution in [1.82, 2.24) is 0 Å². The number of carbonyl (C=O) groups is 2. The van der Waals surface area contributed by atoms with Crippen molar-refractivity contribution in [3.05, 3.63) is 100 Å². The number of benzene rings is 3. The molecule has 0 spiro atoms. The summed E-state index contributed by atoms with van der Waals surface area (Å²) in [6, 6.07) is 13.8. The van der Waals surface area contributed by atoms with Crippen LogP contribution in [0.25, 0.3) is 5.76 Å². The molecule has 0 bridgehead atoms. The zero-order valence-corrected chi connectivity index (χ0v) is 18.9. The topological polar surface area (TPSA) is 66.8 Å². The smallest absolute Gasteiger partial charge is 0.300 e. The Morgan fingerprint density at radius 1 is 0.941 bits per heavy atom. The van der Waals surface area contributed by atoms with Gasteiger partial charge in [-0.3, -0.25) is 14.5 Å². The SMILES string of the molecule is CCOc1ccc(C2/C(=C(\O)c3ccc(C)c(C)c3)C(=O)C(=O)N2c2ccc(F)c(F)c2)cc1. The van der Waals surface area contributed by atoms with Crippen LogP contribution < -0.4 is 9.64 Å². The van der Waals surface area contributed by atoms with Crippen LogP contribution in [0.1, 0.15) is 35.2 Å². The second kappa shape index (κ2) is 9.09. The number of carbonyl (C=O) groups excluding carboxylic acids is 2. The van der Waals surface area contributed by atoms with Crippen molar-refractivity contribution in [3.8, 4) is 5.75 Å². The third-order valence-corrected chi connectivity index (χ3v) is 5.91. The summed E-state index contributed by atoms with van der Waals surface area (Å²) in [6.45, 7) is 6.09. The van der Waals surface area contributed by atoms with Crippen molar-refractivity contribution < 1.29 is 28.2 Å². The Hall–Kier alpha value is -4.00. The van der Waals surface area contributed by atoms with E-state index in [-0.39, 0.29) is 17.0 Å². The van der Waals surface area contributed by atoms with E-state index in [1.54, 1.807) is 36.4 Å². The highest BCUT2D eigenvalue weighted by Crippen LogP contribution is 2.42. The molecule has 1 aliphatic rings. The van der Waals surface area contributed by atoms with Gasteiger partial charge in [-0.2, -0.15) is 0 Å². The Balaban J connectivity index is 1.93. The lowest BCUT2D eigenvalue weighted by Crippen LogP contribution is -2.29. The molecule has 1 aliphatic heterocycles. The minimum Gasteiger partial charge on any atom is -0.507 e. The standard InChI is InChI=1S/C27H23F2NO4/c1-4-34-20-10-7-17(8-11-20)24-23(25(31)18-6-5-15(2)16(3)13-18)26(32)27(33)30(24)19-9-12-21(28)22(29)14-19/h5-14,24,31H,4H2,1-3H3/b25-23+. The van der Waals surface area contributed by atoms with Gasteiger partial charge in [-0.1, -0.05) is 24.3 Å². The Morgan fingerprint density at radius 2 is 1.65 bits per heavy atom. The first-order valence-corrected chi connectivity index (χ1v) is 10.8. The average Bonchev–Trinajstić information content (AvgIpc) is 3.08. The number of aliphatic hydroxyl groups excluding tert-OH is 1. The molecule has 1 N–H and O–H groups in total. The molecule has 1 atom stereocenters. The summed E-state index contributed by atoms with van der Waals surface area (Å²) in [5.41, 5.74) is 2.64. The fourth-order valence-electron chi connectivity index (χ4n) is 4.01. The first-order valence-electron chi connectivity index (χ1n) is 10.8. The molecule has 3 aromatic rings. The zero-order chi connectivity index (χ0) is 24.6. The van der Waals surface area contributed by atoms with Crippen LogP contribution in [-0.4, -0.2) is 23.4 Å². The van der Waals surface area contributed by atoms with Gasteiger partial charge in [0.15, 0.2) is 11.6 Å². The molecule has 1 heterocycles. The van der Waals surface area contributed by atoms with Gasteiger partial charge in [0.05, 0.1) is 18.2 Å². The van der Waals surface area contributed by atoms with E-state index >= 15 is 0 Å². The zero-order valence-electron chi connectivity index (χ0n) is 18.9. The monoisotopic (exact) mass is 463 g/mol. The maximum Gasteiger partial charge on any atom is 0.300 e. The fourth-order valence-corrected chi connectivity index (χ4v) is 4.01. The largest absolute Gasteiger partial charge is 0.507 e. The van der Waals surface area contributed by atoms with E-state index in [9.17, 15) is 23.5 Å². The van der Waals surface area contributed by atoms with Crippen LogP contribution >= 0.6 is 0 Å². The number of hydrogen-bond donors (Lipinski definition) is 1. The van der Waals surface area contributed by atoms with E-state index in [1.807, 2.05) is 26.8 Å². The number of aliphatic hydroxyl groups is 1. The third-order valence-electron chi connectivity index (χ3n) is 5.91. The number of Topliss-reactive ketones (excluding diaryl/α,β-unsaturated/α-hetero) is 1. The van der Waals surface area contributed by atoms with Gasteiger partial charge in [0.2, 0.25) is 0 Å². The summed E-state index contributed by atoms with van der Waals surface area (Å²) < 4.78 is 33.1. The number of halogens is 2. The molecule has 1 saturated heterocycles. The summed E-state index contributed by atoms with van der Waals surface area (Å²) >= 11 is 0. The van der Waals surface area contributed by atoms with Crippen LogP contribution in [0.5, 0.6) is 5.75 Å². The molecule has 4 rings (SSSR count). The van der Waals surface area contributed by atoms with Gasteiger partial charge in [0.1, 0.15) is 11.5 Å². The molecule has 174 valence electrons. The minimum atomic E-state index is -1.15. The Labute approximate surface area is 195 Å². The highest BCUT2D eigenvalue weighted by atomic mass is 19.2. The highest BCUT2D eigenvalue weighted by Gasteiger charge is 2.47. The minimum absolute atomic E-state index is 0.000906. The van der Waals surface area contributed by atoms with E-state index in [4.69, 9.17) is 4.74 Å². The number of nitrogens with zero attached hydrogens (tertiary/aromatic N) is 1. The Morgan fingerprint density at radius 3 is 2.26 bits per heavy atom. The molecule has 0 radical (unpaired) electrons. The van der Waals surface area contributed by atoms with Gasteiger partial charge in [0, 0.05) is 17.3 Å². The number of anilines is 1. The molecule has 1 amide bonds. The van der Waals surface area contributed by atoms with Crippen LogP contribution in [0.3, 0.4) is 0 Å². The van der Waals surface area contributed by atoms with Gasteiger partial charge >= 0.3 is 0 Å². The maximum absolute atomic E-state index is 14.1. The lowest BCUT2D eigenvalue weighted by molar-refractivity contribution is -0.132. The van der Waals surface area contributed by atoms with Crippen molar-refractivity contribution in [1.29, 1.82) is 0 Å². The summed E-state index contributed by atoms with van der Waals surface area (Å²) in [6.07, 6.45) is 0. The molecule has 0 aliphatic carbocycles. The van der Waals surface area contributed by atoms with E-state index in [0.717, 1.165) is 28.2 Å². The molecule has 5 nitrogen and oxygen atoms in total. The summed E-state index contributed by atoms with van der Waals surface area (Å²) in [5, 5.41) is 11.2. The van der Waals surface area contributed by atoms with Crippen LogP contribution in [-0.2, 0) is 9.59 Å². The number of ether oxygens (including phenoxy) is 1. The predicted octanol–water partition coefficient (Wildman–Crippen LogP) is 5.61. The van der Waals surface area contributed by atoms with Crippen LogP contribution in [0.2, 0.25) is 0 Å². The fraction of sp³-hybridized carbons (Fsp3) is 0.185. The Kier molecular flexibility index (Phi) is 6.20. The van der Waals surface area contributed by atoms with Gasteiger partial charge < -0.3 is 9.84 Å². The predicted molar refractivity (Wildman–Crippen MR) is 125 cm³/mol. The maximum atomic E-state index is 14.1. The van der Waals surface area contributed by atoms with Crippen LogP contribution in [0.15, 0.2) is 66.2 Å². The molecule has 34 heavy (non-hydrogen) atoms. The first-order chi connectivity index (χ1) is 16.2. The first kappa shape index (κ1) is 23.2. The summed E-state index contributed by atoms with van der Waals surface area (Å²) in [4.78, 5) is 27.3. The van der Waals surface area contributed by atoms with Crippen molar-refractivity contribution >= 4 is 23.1 Å². The van der Waals surface area contributed by atoms with Crippen molar-refractivity contribution in [3.63, 3.8) is 0 Å². The lowest BCUT2D eigenvalue weighted by atomic mass is 9.94. The quantitative estimate of drug-likeness (QED) is 0.304. The Bertz CT molecular complexity index is 1310. The highest BCUT2D eigenvalue weighted by molar-refractivity contribution is 6.51. The number of hydrogen-bond acceptors (Lipinski definition) is 4. The van der Waals surface area contributed by atoms with Crippen molar-refractivity contribution in [2.75, 3.05) is 11.5 Å². The second-order valence-electron chi connectivity index (χ2n) is 8.07. The summed E-state index contributed by atoms with van der Waals surface area (Å²) in [5.74, 6) is -3.85. The van der Waals surface area contributed by atoms with Crippen molar-refractivity contribution in [2.45, 2.75) is 26.8 Å². The molecule has 1 unspecified atom stereocenters. The average molecular weight is 463 g/mol. The van der Waals surface area contributed by atoms with Gasteiger partial charge in [-0.15, -0.1) is 0 Å². The second-order valence-corrected chi connectivity index (χ2v) is 8.07. The lowest BCUT2D eigenvalue weighted by Gasteiger charge is -2.25. The number of amides is 1. The molecule has 7 heteroatoms. The molecular formula is C27H23F2NO4. The van der Waals surface area contributed by atoms with E-state index in [0.29, 0.717) is 23.5 Å². The molecule has 0 saturated carbocycles. The number of ketones is 1. The number of aryl methyl sites for hydroxylation is 2. The van der Waals surface area contributed by atoms with Crippen LogP contribution in [0, 0.1) is 25.5 Å².